The highest BCUT2D eigenvalue weighted by Gasteiger charge is 2.16. The molecular weight excluding hydrogens is 243 g/mol. The number of rotatable bonds is 5. The maximum Gasteiger partial charge on any atom is 0.123 e. The van der Waals surface area contributed by atoms with Crippen LogP contribution in [0.15, 0.2) is 42.7 Å². The van der Waals surface area contributed by atoms with Gasteiger partial charge in [-0.25, -0.2) is 4.39 Å². The lowest BCUT2D eigenvalue weighted by molar-refractivity contribution is 0.399. The molecule has 0 aliphatic heterocycles. The number of hydrogen-bond donors (Lipinski definition) is 1. The summed E-state index contributed by atoms with van der Waals surface area (Å²) in [5.74, 6) is 0.423. The van der Waals surface area contributed by atoms with Crippen LogP contribution in [-0.4, -0.2) is 19.1 Å². The molecule has 0 aliphatic carbocycles. The minimum Gasteiger partial charge on any atom is -0.496 e. The third kappa shape index (κ3) is 3.29. The van der Waals surface area contributed by atoms with Crippen molar-refractivity contribution in [3.05, 3.63) is 59.7 Å². The van der Waals surface area contributed by atoms with E-state index in [1.807, 2.05) is 25.4 Å². The summed E-state index contributed by atoms with van der Waals surface area (Å²) in [6, 6.07) is 8.44. The molecule has 0 spiro atoms. The summed E-state index contributed by atoms with van der Waals surface area (Å²) in [7, 11) is 3.44. The number of nitrogens with one attached hydrogen (secondary N) is 1. The smallest absolute Gasteiger partial charge is 0.123 e. The molecule has 1 aromatic heterocycles. The average molecular weight is 260 g/mol. The lowest BCUT2D eigenvalue weighted by Gasteiger charge is -2.19. The van der Waals surface area contributed by atoms with Gasteiger partial charge in [-0.15, -0.1) is 0 Å². The van der Waals surface area contributed by atoms with Gasteiger partial charge in [-0.3, -0.25) is 4.98 Å². The van der Waals surface area contributed by atoms with Crippen LogP contribution < -0.4 is 10.1 Å². The van der Waals surface area contributed by atoms with Gasteiger partial charge in [0.15, 0.2) is 0 Å². The average Bonchev–Trinajstić information content (AvgIpc) is 2.46. The molecule has 0 saturated carbocycles. The molecule has 1 unspecified atom stereocenters. The number of halogens is 1. The van der Waals surface area contributed by atoms with Crippen LogP contribution >= 0.6 is 0 Å². The van der Waals surface area contributed by atoms with Crippen LogP contribution in [0.5, 0.6) is 5.75 Å². The van der Waals surface area contributed by atoms with Crippen molar-refractivity contribution < 1.29 is 9.13 Å². The molecule has 0 aliphatic rings. The third-order valence-corrected chi connectivity index (χ3v) is 3.08. The quantitative estimate of drug-likeness (QED) is 0.897. The maximum atomic E-state index is 13.4. The van der Waals surface area contributed by atoms with Crippen LogP contribution in [0, 0.1) is 5.82 Å². The summed E-state index contributed by atoms with van der Waals surface area (Å²) in [5, 5.41) is 3.19. The van der Waals surface area contributed by atoms with Crippen molar-refractivity contribution in [1.82, 2.24) is 10.3 Å². The molecule has 4 heteroatoms. The fourth-order valence-corrected chi connectivity index (χ4v) is 2.10. The number of methoxy groups -OCH3 is 1. The number of hydrogen-bond acceptors (Lipinski definition) is 3. The molecule has 1 N–H and O–H groups in total. The van der Waals surface area contributed by atoms with Gasteiger partial charge in [0.1, 0.15) is 11.6 Å². The normalized spacial score (nSPS) is 12.2. The van der Waals surface area contributed by atoms with Gasteiger partial charge in [-0.2, -0.15) is 0 Å². The van der Waals surface area contributed by atoms with Gasteiger partial charge in [0.2, 0.25) is 0 Å². The monoisotopic (exact) mass is 260 g/mol. The van der Waals surface area contributed by atoms with Crippen LogP contribution in [0.1, 0.15) is 17.2 Å². The van der Waals surface area contributed by atoms with E-state index in [0.717, 1.165) is 17.5 Å². The zero-order chi connectivity index (χ0) is 13.7. The number of nitrogens with zero attached hydrogens (tertiary/aromatic N) is 1. The number of ether oxygens (including phenoxy) is 1. The Balaban J connectivity index is 2.29. The Morgan fingerprint density at radius 2 is 2.21 bits per heavy atom. The Bertz CT molecular complexity index is 531. The maximum absolute atomic E-state index is 13.4. The molecule has 3 nitrogen and oxygen atoms in total. The zero-order valence-electron chi connectivity index (χ0n) is 11.1. The van der Waals surface area contributed by atoms with Crippen LogP contribution in [0.3, 0.4) is 0 Å². The molecule has 100 valence electrons. The number of aromatic nitrogens is 1. The summed E-state index contributed by atoms with van der Waals surface area (Å²) >= 11 is 0. The largest absolute Gasteiger partial charge is 0.496 e. The fourth-order valence-electron chi connectivity index (χ4n) is 2.10. The summed E-state index contributed by atoms with van der Waals surface area (Å²) in [4.78, 5) is 4.09. The Kier molecular flexibility index (Phi) is 4.47. The van der Waals surface area contributed by atoms with Crippen molar-refractivity contribution in [2.45, 2.75) is 12.5 Å². The van der Waals surface area contributed by atoms with Gasteiger partial charge >= 0.3 is 0 Å². The van der Waals surface area contributed by atoms with Gasteiger partial charge < -0.3 is 10.1 Å². The first-order chi connectivity index (χ1) is 9.24. The van der Waals surface area contributed by atoms with Crippen molar-refractivity contribution in [2.75, 3.05) is 14.2 Å². The molecule has 2 aromatic rings. The van der Waals surface area contributed by atoms with Gasteiger partial charge in [-0.05, 0) is 43.3 Å². The van der Waals surface area contributed by atoms with E-state index in [2.05, 4.69) is 10.3 Å². The molecule has 1 atom stereocenters. The predicted molar refractivity (Wildman–Crippen MR) is 72.7 cm³/mol. The summed E-state index contributed by atoms with van der Waals surface area (Å²) < 4.78 is 18.7. The molecule has 0 fully saturated rings. The lowest BCUT2D eigenvalue weighted by Crippen LogP contribution is -2.19. The van der Waals surface area contributed by atoms with Crippen molar-refractivity contribution in [2.24, 2.45) is 0 Å². The number of likely N-dealkylation sites (N-methyl/N-ethyl adjacent to an activating group) is 1. The van der Waals surface area contributed by atoms with E-state index in [9.17, 15) is 4.39 Å². The van der Waals surface area contributed by atoms with E-state index in [-0.39, 0.29) is 11.9 Å². The first-order valence-electron chi connectivity index (χ1n) is 6.14. The second-order valence-electron chi connectivity index (χ2n) is 4.29. The molecule has 2 rings (SSSR count). The molecule has 1 aromatic carbocycles. The minimum atomic E-state index is -0.262. The van der Waals surface area contributed by atoms with E-state index in [1.54, 1.807) is 19.4 Å². The Hall–Kier alpha value is -1.94. The van der Waals surface area contributed by atoms with Crippen LogP contribution in [0.25, 0.3) is 0 Å². The van der Waals surface area contributed by atoms with Crippen molar-refractivity contribution in [1.29, 1.82) is 0 Å². The van der Waals surface area contributed by atoms with Crippen LogP contribution in [-0.2, 0) is 6.42 Å². The summed E-state index contributed by atoms with van der Waals surface area (Å²) in [6.45, 7) is 0. The van der Waals surface area contributed by atoms with E-state index in [4.69, 9.17) is 4.74 Å². The van der Waals surface area contributed by atoms with E-state index in [0.29, 0.717) is 5.75 Å². The van der Waals surface area contributed by atoms with E-state index >= 15 is 0 Å². The number of benzene rings is 1. The highest BCUT2D eigenvalue weighted by Crippen LogP contribution is 2.28. The summed E-state index contributed by atoms with van der Waals surface area (Å²) in [5.41, 5.74) is 1.90. The molecule has 0 bridgehead atoms. The zero-order valence-corrected chi connectivity index (χ0v) is 11.1. The second-order valence-corrected chi connectivity index (χ2v) is 4.29. The van der Waals surface area contributed by atoms with Crippen molar-refractivity contribution >= 4 is 0 Å². The van der Waals surface area contributed by atoms with Crippen molar-refractivity contribution in [3.8, 4) is 5.75 Å². The van der Waals surface area contributed by atoms with Gasteiger partial charge in [0, 0.05) is 24.0 Å². The SMILES string of the molecule is CNC(Cc1cccnc1)c1cc(F)ccc1OC. The van der Waals surface area contributed by atoms with E-state index in [1.165, 1.54) is 12.1 Å². The Morgan fingerprint density at radius 1 is 1.37 bits per heavy atom. The highest BCUT2D eigenvalue weighted by molar-refractivity contribution is 5.37. The third-order valence-electron chi connectivity index (χ3n) is 3.08. The molecular formula is C15H17FN2O. The van der Waals surface area contributed by atoms with Gasteiger partial charge in [0.25, 0.3) is 0 Å². The van der Waals surface area contributed by atoms with Gasteiger partial charge in [0.05, 0.1) is 7.11 Å². The lowest BCUT2D eigenvalue weighted by atomic mass is 9.99. The first kappa shape index (κ1) is 13.5. The predicted octanol–water partition coefficient (Wildman–Crippen LogP) is 2.73. The summed E-state index contributed by atoms with van der Waals surface area (Å²) in [6.07, 6.45) is 4.28. The van der Waals surface area contributed by atoms with E-state index < -0.39 is 0 Å². The number of pyridine rings is 1. The standard InChI is InChI=1S/C15H17FN2O/c1-17-14(8-11-4-3-7-18-10-11)13-9-12(16)5-6-15(13)19-2/h3-7,9-10,14,17H,8H2,1-2H3. The molecule has 0 radical (unpaired) electrons. The minimum absolute atomic E-state index is 0.0187. The van der Waals surface area contributed by atoms with Crippen molar-refractivity contribution in [3.63, 3.8) is 0 Å². The Morgan fingerprint density at radius 3 is 2.84 bits per heavy atom. The molecule has 1 heterocycles. The highest BCUT2D eigenvalue weighted by atomic mass is 19.1. The second kappa shape index (κ2) is 6.29. The van der Waals surface area contributed by atoms with Gasteiger partial charge in [-0.1, -0.05) is 6.07 Å². The molecule has 0 amide bonds. The first-order valence-corrected chi connectivity index (χ1v) is 6.14. The Labute approximate surface area is 112 Å². The molecule has 19 heavy (non-hydrogen) atoms. The fraction of sp³-hybridized carbons (Fsp3) is 0.267. The molecule has 0 saturated heterocycles. The van der Waals surface area contributed by atoms with Crippen LogP contribution in [0.4, 0.5) is 4.39 Å². The van der Waals surface area contributed by atoms with Crippen LogP contribution in [0.2, 0.25) is 0 Å². The topological polar surface area (TPSA) is 34.2 Å².